The van der Waals surface area contributed by atoms with Gasteiger partial charge in [-0.3, -0.25) is 4.72 Å². The van der Waals surface area contributed by atoms with Crippen molar-refractivity contribution in [2.45, 2.75) is 11.8 Å². The van der Waals surface area contributed by atoms with E-state index in [1.807, 2.05) is 0 Å². The number of aromatic carboxylic acids is 1. The number of rotatable bonds is 4. The Kier molecular flexibility index (Phi) is 4.39. The van der Waals surface area contributed by atoms with Crippen LogP contribution in [0, 0.1) is 12.7 Å². The number of hydrogen-bond acceptors (Lipinski definition) is 3. The smallest absolute Gasteiger partial charge is 0.337 e. The largest absolute Gasteiger partial charge is 0.478 e. The van der Waals surface area contributed by atoms with Crippen LogP contribution in [0.15, 0.2) is 41.3 Å². The highest BCUT2D eigenvalue weighted by atomic mass is 35.5. The molecule has 0 aliphatic rings. The normalized spacial score (nSPS) is 11.2. The van der Waals surface area contributed by atoms with Gasteiger partial charge in [0.1, 0.15) is 5.82 Å². The van der Waals surface area contributed by atoms with Gasteiger partial charge in [-0.05, 0) is 48.9 Å². The average molecular weight is 344 g/mol. The topological polar surface area (TPSA) is 83.5 Å². The van der Waals surface area contributed by atoms with E-state index >= 15 is 0 Å². The monoisotopic (exact) mass is 343 g/mol. The fraction of sp³-hybridized carbons (Fsp3) is 0.0714. The van der Waals surface area contributed by atoms with E-state index in [4.69, 9.17) is 16.7 Å². The second kappa shape index (κ2) is 5.94. The molecule has 0 fully saturated rings. The molecule has 0 saturated carbocycles. The van der Waals surface area contributed by atoms with Crippen molar-refractivity contribution in [2.24, 2.45) is 0 Å². The summed E-state index contributed by atoms with van der Waals surface area (Å²) in [7, 11) is -4.01. The Labute approximate surface area is 131 Å². The summed E-state index contributed by atoms with van der Waals surface area (Å²) in [6, 6.07) is 7.08. The zero-order chi connectivity index (χ0) is 16.5. The van der Waals surface area contributed by atoms with E-state index in [-0.39, 0.29) is 26.7 Å². The molecule has 2 aromatic rings. The SMILES string of the molecule is Cc1cc(NS(=O)(=O)c2ccc(Cl)c(C(=O)O)c2)ccc1F. The maximum absolute atomic E-state index is 13.2. The highest BCUT2D eigenvalue weighted by molar-refractivity contribution is 7.92. The molecule has 0 saturated heterocycles. The summed E-state index contributed by atoms with van der Waals surface area (Å²) in [6.45, 7) is 1.50. The van der Waals surface area contributed by atoms with Gasteiger partial charge in [0.25, 0.3) is 10.0 Å². The van der Waals surface area contributed by atoms with E-state index in [1.54, 1.807) is 0 Å². The Morgan fingerprint density at radius 3 is 2.50 bits per heavy atom. The molecule has 8 heteroatoms. The molecule has 22 heavy (non-hydrogen) atoms. The minimum absolute atomic E-state index is 0.0657. The van der Waals surface area contributed by atoms with Gasteiger partial charge in [0.05, 0.1) is 15.5 Å². The van der Waals surface area contributed by atoms with Crippen LogP contribution < -0.4 is 4.72 Å². The second-order valence-corrected chi connectivity index (χ2v) is 6.61. The molecule has 2 rings (SSSR count). The predicted molar refractivity (Wildman–Crippen MR) is 80.4 cm³/mol. The first-order valence-electron chi connectivity index (χ1n) is 6.02. The van der Waals surface area contributed by atoms with Gasteiger partial charge in [0.15, 0.2) is 0 Å². The molecule has 0 heterocycles. The van der Waals surface area contributed by atoms with E-state index in [0.29, 0.717) is 0 Å². The molecule has 0 aromatic heterocycles. The lowest BCUT2D eigenvalue weighted by molar-refractivity contribution is 0.0697. The van der Waals surface area contributed by atoms with Crippen LogP contribution in [0.3, 0.4) is 0 Å². The Balaban J connectivity index is 2.40. The number of hydrogen-bond donors (Lipinski definition) is 2. The zero-order valence-electron chi connectivity index (χ0n) is 11.3. The zero-order valence-corrected chi connectivity index (χ0v) is 12.9. The summed E-state index contributed by atoms with van der Waals surface area (Å²) in [5.74, 6) is -1.79. The summed E-state index contributed by atoms with van der Waals surface area (Å²) < 4.78 is 39.9. The summed E-state index contributed by atoms with van der Waals surface area (Å²) in [5.41, 5.74) is 0.132. The van der Waals surface area contributed by atoms with Gasteiger partial charge < -0.3 is 5.11 Å². The number of anilines is 1. The van der Waals surface area contributed by atoms with Crippen molar-refractivity contribution in [2.75, 3.05) is 4.72 Å². The first kappa shape index (κ1) is 16.3. The molecule has 0 unspecified atom stereocenters. The lowest BCUT2D eigenvalue weighted by atomic mass is 10.2. The predicted octanol–water partition coefficient (Wildman–Crippen LogP) is 3.29. The number of sulfonamides is 1. The van der Waals surface area contributed by atoms with Gasteiger partial charge in [0, 0.05) is 5.69 Å². The highest BCUT2D eigenvalue weighted by Gasteiger charge is 2.18. The molecule has 0 radical (unpaired) electrons. The van der Waals surface area contributed by atoms with E-state index in [2.05, 4.69) is 4.72 Å². The summed E-state index contributed by atoms with van der Waals surface area (Å²) in [4.78, 5) is 10.7. The van der Waals surface area contributed by atoms with Crippen LogP contribution in [0.1, 0.15) is 15.9 Å². The van der Waals surface area contributed by atoms with Crippen LogP contribution in [0.5, 0.6) is 0 Å². The van der Waals surface area contributed by atoms with Crippen molar-refractivity contribution in [3.8, 4) is 0 Å². The number of halogens is 2. The van der Waals surface area contributed by atoms with Crippen molar-refractivity contribution < 1.29 is 22.7 Å². The van der Waals surface area contributed by atoms with Gasteiger partial charge in [-0.2, -0.15) is 0 Å². The molecule has 5 nitrogen and oxygen atoms in total. The summed E-state index contributed by atoms with van der Waals surface area (Å²) in [5, 5.41) is 8.91. The fourth-order valence-electron chi connectivity index (χ4n) is 1.76. The van der Waals surface area contributed by atoms with Crippen molar-refractivity contribution in [3.05, 3.63) is 58.4 Å². The Hall–Kier alpha value is -2.12. The van der Waals surface area contributed by atoms with Crippen LogP contribution in [0.4, 0.5) is 10.1 Å². The third-order valence-corrected chi connectivity index (χ3v) is 4.60. The number of carbonyl (C=O) groups is 1. The quantitative estimate of drug-likeness (QED) is 0.892. The van der Waals surface area contributed by atoms with Crippen LogP contribution in [0.2, 0.25) is 5.02 Å². The van der Waals surface area contributed by atoms with Crippen molar-refractivity contribution in [1.29, 1.82) is 0 Å². The minimum Gasteiger partial charge on any atom is -0.478 e. The van der Waals surface area contributed by atoms with Crippen LogP contribution in [-0.4, -0.2) is 19.5 Å². The van der Waals surface area contributed by atoms with Crippen LogP contribution >= 0.6 is 11.6 Å². The highest BCUT2D eigenvalue weighted by Crippen LogP contribution is 2.23. The first-order chi connectivity index (χ1) is 10.2. The molecular formula is C14H11ClFNO4S. The van der Waals surface area contributed by atoms with Crippen LogP contribution in [0.25, 0.3) is 0 Å². The van der Waals surface area contributed by atoms with E-state index < -0.39 is 21.8 Å². The third kappa shape index (κ3) is 3.37. The third-order valence-electron chi connectivity index (χ3n) is 2.89. The number of carboxylic acids is 1. The molecule has 2 aromatic carbocycles. The van der Waals surface area contributed by atoms with Crippen molar-refractivity contribution in [1.82, 2.24) is 0 Å². The van der Waals surface area contributed by atoms with Gasteiger partial charge in [0.2, 0.25) is 0 Å². The van der Waals surface area contributed by atoms with Gasteiger partial charge in [-0.25, -0.2) is 17.6 Å². The standard InChI is InChI=1S/C14H11ClFNO4S/c1-8-6-9(2-5-13(8)16)17-22(20,21)10-3-4-12(15)11(7-10)14(18)19/h2-7,17H,1H3,(H,18,19). The number of aryl methyl sites for hydroxylation is 1. The lowest BCUT2D eigenvalue weighted by Gasteiger charge is -2.10. The van der Waals surface area contributed by atoms with Gasteiger partial charge >= 0.3 is 5.97 Å². The second-order valence-electron chi connectivity index (χ2n) is 4.52. The van der Waals surface area contributed by atoms with Crippen molar-refractivity contribution >= 4 is 33.3 Å². The number of carboxylic acid groups (broad SMARTS) is 1. The maximum atomic E-state index is 13.2. The lowest BCUT2D eigenvalue weighted by Crippen LogP contribution is -2.14. The molecular weight excluding hydrogens is 333 g/mol. The number of nitrogens with one attached hydrogen (secondary N) is 1. The molecule has 0 amide bonds. The average Bonchev–Trinajstić information content (AvgIpc) is 2.42. The first-order valence-corrected chi connectivity index (χ1v) is 7.88. The molecule has 116 valence electrons. The Morgan fingerprint density at radius 2 is 1.91 bits per heavy atom. The minimum atomic E-state index is -4.01. The van der Waals surface area contributed by atoms with E-state index in [1.165, 1.54) is 31.2 Å². The van der Waals surface area contributed by atoms with Crippen LogP contribution in [-0.2, 0) is 10.0 Å². The maximum Gasteiger partial charge on any atom is 0.337 e. The Bertz CT molecular complexity index is 852. The summed E-state index contributed by atoms with van der Waals surface area (Å²) in [6.07, 6.45) is 0. The molecule has 0 aliphatic carbocycles. The van der Waals surface area contributed by atoms with E-state index in [9.17, 15) is 17.6 Å². The molecule has 0 spiro atoms. The van der Waals surface area contributed by atoms with Crippen molar-refractivity contribution in [3.63, 3.8) is 0 Å². The fourth-order valence-corrected chi connectivity index (χ4v) is 3.03. The number of benzene rings is 2. The molecule has 0 bridgehead atoms. The Morgan fingerprint density at radius 1 is 1.23 bits per heavy atom. The van der Waals surface area contributed by atoms with Gasteiger partial charge in [-0.15, -0.1) is 0 Å². The van der Waals surface area contributed by atoms with Gasteiger partial charge in [-0.1, -0.05) is 11.6 Å². The molecule has 0 atom stereocenters. The molecule has 0 aliphatic heterocycles. The molecule has 2 N–H and O–H groups in total. The van der Waals surface area contributed by atoms with E-state index in [0.717, 1.165) is 12.1 Å². The summed E-state index contributed by atoms with van der Waals surface area (Å²) >= 11 is 5.70.